The topological polar surface area (TPSA) is 72.9 Å². The van der Waals surface area contributed by atoms with Crippen LogP contribution < -0.4 is 5.32 Å². The van der Waals surface area contributed by atoms with Crippen molar-refractivity contribution in [1.29, 1.82) is 0 Å². The fourth-order valence-electron chi connectivity index (χ4n) is 2.74. The summed E-state index contributed by atoms with van der Waals surface area (Å²) in [6, 6.07) is 0.474. The summed E-state index contributed by atoms with van der Waals surface area (Å²) in [5.41, 5.74) is 0. The molecule has 1 saturated carbocycles. The second kappa shape index (κ2) is 8.87. The number of nitrogens with one attached hydrogen (secondary N) is 1. The number of likely N-dealkylation sites (N-methyl/N-ethyl adjacent to an activating group) is 1. The summed E-state index contributed by atoms with van der Waals surface area (Å²) in [6.07, 6.45) is 5.11. The van der Waals surface area contributed by atoms with E-state index in [4.69, 9.17) is 5.11 Å². The van der Waals surface area contributed by atoms with E-state index in [1.54, 1.807) is 11.8 Å². The summed E-state index contributed by atoms with van der Waals surface area (Å²) in [5, 5.41) is 11.8. The second-order valence-electron chi connectivity index (χ2n) is 5.93. The Morgan fingerprint density at radius 1 is 1.33 bits per heavy atom. The number of urea groups is 1. The van der Waals surface area contributed by atoms with Gasteiger partial charge < -0.3 is 20.2 Å². The van der Waals surface area contributed by atoms with Crippen LogP contribution in [-0.2, 0) is 4.79 Å². The molecule has 0 radical (unpaired) electrons. The molecule has 6 heteroatoms. The van der Waals surface area contributed by atoms with E-state index in [9.17, 15) is 9.59 Å². The maximum atomic E-state index is 12.0. The van der Waals surface area contributed by atoms with E-state index in [-0.39, 0.29) is 12.6 Å². The van der Waals surface area contributed by atoms with E-state index < -0.39 is 11.9 Å². The van der Waals surface area contributed by atoms with Crippen molar-refractivity contribution < 1.29 is 14.7 Å². The molecule has 0 aromatic heterocycles. The van der Waals surface area contributed by atoms with Crippen molar-refractivity contribution in [3.8, 4) is 0 Å². The molecule has 1 rings (SSSR count). The molecule has 0 aromatic rings. The Bertz CT molecular complexity index is 343. The van der Waals surface area contributed by atoms with Gasteiger partial charge in [-0.15, -0.1) is 0 Å². The van der Waals surface area contributed by atoms with Crippen molar-refractivity contribution in [3.63, 3.8) is 0 Å². The molecule has 2 N–H and O–H groups in total. The highest BCUT2D eigenvalue weighted by Crippen LogP contribution is 2.21. The van der Waals surface area contributed by atoms with Crippen LogP contribution in [0.25, 0.3) is 0 Å². The monoisotopic (exact) mass is 299 g/mol. The number of carboxylic acids is 1. The maximum Gasteiger partial charge on any atom is 0.317 e. The minimum absolute atomic E-state index is 0.176. The molecular weight excluding hydrogens is 270 g/mol. The van der Waals surface area contributed by atoms with Gasteiger partial charge in [-0.05, 0) is 26.8 Å². The quantitative estimate of drug-likeness (QED) is 0.714. The number of rotatable bonds is 8. The molecule has 0 saturated heterocycles. The van der Waals surface area contributed by atoms with Crippen LogP contribution in [0.4, 0.5) is 4.79 Å². The molecule has 1 unspecified atom stereocenters. The van der Waals surface area contributed by atoms with Crippen LogP contribution in [0.3, 0.4) is 0 Å². The standard InChI is InChI=1S/C15H29N3O3/c1-4-18(11-12(2)14(19)20)15(21)16-9-10-17(3)13-7-5-6-8-13/h12-13H,4-11H2,1-3H3,(H,16,21)(H,19,20). The van der Waals surface area contributed by atoms with Gasteiger partial charge in [0.1, 0.15) is 0 Å². The van der Waals surface area contributed by atoms with Gasteiger partial charge in [0.25, 0.3) is 0 Å². The third kappa shape index (κ3) is 5.91. The smallest absolute Gasteiger partial charge is 0.317 e. The molecule has 6 nitrogen and oxygen atoms in total. The van der Waals surface area contributed by atoms with Crippen LogP contribution in [-0.4, -0.2) is 66.2 Å². The van der Waals surface area contributed by atoms with Gasteiger partial charge in [0.2, 0.25) is 0 Å². The average Bonchev–Trinajstić information content (AvgIpc) is 2.98. The molecule has 0 aliphatic heterocycles. The number of carboxylic acid groups (broad SMARTS) is 1. The lowest BCUT2D eigenvalue weighted by atomic mass is 10.2. The van der Waals surface area contributed by atoms with Gasteiger partial charge in [-0.1, -0.05) is 19.8 Å². The molecule has 0 heterocycles. The van der Waals surface area contributed by atoms with E-state index in [1.807, 2.05) is 6.92 Å². The zero-order valence-corrected chi connectivity index (χ0v) is 13.5. The summed E-state index contributed by atoms with van der Waals surface area (Å²) < 4.78 is 0. The van der Waals surface area contributed by atoms with Crippen LogP contribution in [0.15, 0.2) is 0 Å². The van der Waals surface area contributed by atoms with Crippen molar-refractivity contribution in [2.75, 3.05) is 33.2 Å². The van der Waals surface area contributed by atoms with Crippen LogP contribution in [0, 0.1) is 5.92 Å². The molecule has 122 valence electrons. The van der Waals surface area contributed by atoms with Gasteiger partial charge in [0.05, 0.1) is 5.92 Å². The molecule has 1 aliphatic carbocycles. The van der Waals surface area contributed by atoms with Crippen LogP contribution in [0.1, 0.15) is 39.5 Å². The Hall–Kier alpha value is -1.30. The maximum absolute atomic E-state index is 12.0. The molecule has 2 amide bonds. The highest BCUT2D eigenvalue weighted by Gasteiger charge is 2.21. The predicted molar refractivity (Wildman–Crippen MR) is 82.3 cm³/mol. The van der Waals surface area contributed by atoms with Gasteiger partial charge in [-0.25, -0.2) is 4.79 Å². The molecule has 0 bridgehead atoms. The van der Waals surface area contributed by atoms with Gasteiger partial charge >= 0.3 is 12.0 Å². The minimum atomic E-state index is -0.873. The summed E-state index contributed by atoms with van der Waals surface area (Å²) >= 11 is 0. The van der Waals surface area contributed by atoms with Gasteiger partial charge in [0, 0.05) is 32.2 Å². The Labute approximate surface area is 127 Å². The Morgan fingerprint density at radius 2 is 1.95 bits per heavy atom. The second-order valence-corrected chi connectivity index (χ2v) is 5.93. The van der Waals surface area contributed by atoms with Crippen molar-refractivity contribution in [2.45, 2.75) is 45.6 Å². The Balaban J connectivity index is 2.28. The molecule has 0 spiro atoms. The number of hydrogen-bond acceptors (Lipinski definition) is 3. The predicted octanol–water partition coefficient (Wildman–Crippen LogP) is 1.61. The summed E-state index contributed by atoms with van der Waals surface area (Å²) in [5.74, 6) is -1.42. The number of aliphatic carboxylic acids is 1. The Kier molecular flexibility index (Phi) is 7.50. The number of nitrogens with zero attached hydrogens (tertiary/aromatic N) is 2. The highest BCUT2D eigenvalue weighted by molar-refractivity contribution is 5.75. The van der Waals surface area contributed by atoms with Crippen LogP contribution in [0.2, 0.25) is 0 Å². The zero-order chi connectivity index (χ0) is 15.8. The lowest BCUT2D eigenvalue weighted by Crippen LogP contribution is -2.45. The van der Waals surface area contributed by atoms with E-state index in [0.29, 0.717) is 19.1 Å². The molecule has 1 fully saturated rings. The van der Waals surface area contributed by atoms with Gasteiger partial charge in [0.15, 0.2) is 0 Å². The SMILES string of the molecule is CCN(CC(C)C(=O)O)C(=O)NCCN(C)C1CCCC1. The first kappa shape index (κ1) is 17.8. The van der Waals surface area contributed by atoms with Crippen molar-refractivity contribution in [2.24, 2.45) is 5.92 Å². The molecule has 1 aliphatic rings. The minimum Gasteiger partial charge on any atom is -0.481 e. The molecule has 1 atom stereocenters. The van der Waals surface area contributed by atoms with Crippen molar-refractivity contribution in [3.05, 3.63) is 0 Å². The first-order valence-electron chi connectivity index (χ1n) is 7.91. The van der Waals surface area contributed by atoms with Gasteiger partial charge in [-0.2, -0.15) is 0 Å². The fourth-order valence-corrected chi connectivity index (χ4v) is 2.74. The van der Waals surface area contributed by atoms with Crippen LogP contribution >= 0.6 is 0 Å². The summed E-state index contributed by atoms with van der Waals surface area (Å²) in [6.45, 7) is 5.68. The third-order valence-corrected chi connectivity index (χ3v) is 4.27. The number of carbonyl (C=O) groups is 2. The normalized spacial score (nSPS) is 17.0. The third-order valence-electron chi connectivity index (χ3n) is 4.27. The fraction of sp³-hybridized carbons (Fsp3) is 0.867. The van der Waals surface area contributed by atoms with E-state index in [0.717, 1.165) is 6.54 Å². The molecule has 21 heavy (non-hydrogen) atoms. The molecule has 0 aromatic carbocycles. The van der Waals surface area contributed by atoms with E-state index in [2.05, 4.69) is 17.3 Å². The Morgan fingerprint density at radius 3 is 2.48 bits per heavy atom. The number of hydrogen-bond donors (Lipinski definition) is 2. The summed E-state index contributed by atoms with van der Waals surface area (Å²) in [4.78, 5) is 26.8. The van der Waals surface area contributed by atoms with E-state index in [1.165, 1.54) is 25.7 Å². The van der Waals surface area contributed by atoms with Gasteiger partial charge in [-0.3, -0.25) is 4.79 Å². The summed E-state index contributed by atoms with van der Waals surface area (Å²) in [7, 11) is 2.10. The first-order valence-corrected chi connectivity index (χ1v) is 7.91. The number of carbonyl (C=O) groups excluding carboxylic acids is 1. The largest absolute Gasteiger partial charge is 0.481 e. The van der Waals surface area contributed by atoms with Crippen molar-refractivity contribution >= 4 is 12.0 Å². The zero-order valence-electron chi connectivity index (χ0n) is 13.5. The average molecular weight is 299 g/mol. The molecular formula is C15H29N3O3. The first-order chi connectivity index (χ1) is 9.95. The number of amides is 2. The van der Waals surface area contributed by atoms with Crippen molar-refractivity contribution in [1.82, 2.24) is 15.1 Å². The lowest BCUT2D eigenvalue weighted by molar-refractivity contribution is -0.141. The van der Waals surface area contributed by atoms with E-state index >= 15 is 0 Å². The highest BCUT2D eigenvalue weighted by atomic mass is 16.4. The lowest BCUT2D eigenvalue weighted by Gasteiger charge is -2.26. The van der Waals surface area contributed by atoms with Crippen LogP contribution in [0.5, 0.6) is 0 Å².